The number of rotatable bonds is 7. The van der Waals surface area contributed by atoms with E-state index in [2.05, 4.69) is 64.0 Å². The molecule has 134 valence electrons. The van der Waals surface area contributed by atoms with Crippen molar-refractivity contribution in [3.05, 3.63) is 32.2 Å². The van der Waals surface area contributed by atoms with Gasteiger partial charge in [-0.15, -0.1) is 46.7 Å². The number of nitrogens with one attached hydrogen (secondary N) is 2. The molecule has 0 aromatic carbocycles. The zero-order valence-corrected chi connectivity index (χ0v) is 18.6. The summed E-state index contributed by atoms with van der Waals surface area (Å²) in [7, 11) is 0. The lowest BCUT2D eigenvalue weighted by molar-refractivity contribution is 0.786. The Kier molecular flexibility index (Phi) is 9.75. The number of hydrogen-bond donors (Lipinski definition) is 2. The maximum atomic E-state index is 4.64. The minimum Gasteiger partial charge on any atom is -0.357 e. The molecule has 0 amide bonds. The van der Waals surface area contributed by atoms with Crippen molar-refractivity contribution in [3.63, 3.8) is 0 Å². The number of aliphatic imine (C=N–C) groups is 1. The lowest BCUT2D eigenvalue weighted by Gasteiger charge is -2.09. The second kappa shape index (κ2) is 11.0. The highest BCUT2D eigenvalue weighted by molar-refractivity contribution is 14.0. The van der Waals surface area contributed by atoms with E-state index >= 15 is 0 Å². The lowest BCUT2D eigenvalue weighted by Crippen LogP contribution is -2.36. The molecule has 2 aromatic heterocycles. The zero-order valence-electron chi connectivity index (χ0n) is 14.6. The number of guanidine groups is 1. The first-order valence-electron chi connectivity index (χ1n) is 8.02. The molecule has 2 rings (SSSR count). The fourth-order valence-electron chi connectivity index (χ4n) is 1.92. The van der Waals surface area contributed by atoms with Gasteiger partial charge in [0.25, 0.3) is 0 Å². The van der Waals surface area contributed by atoms with Gasteiger partial charge in [-0.05, 0) is 19.3 Å². The standard InChI is InChI=1S/C16H25N5S2.HI/c1-5-14-20-12(9-22-14)7-18-16(17-6-2)19-8-15-21-13(10-23-15)11(3)4;/h9-11H,5-8H2,1-4H3,(H2,17,18,19);1H. The van der Waals surface area contributed by atoms with Crippen LogP contribution in [0.2, 0.25) is 0 Å². The van der Waals surface area contributed by atoms with Gasteiger partial charge in [0.1, 0.15) is 5.01 Å². The Labute approximate surface area is 169 Å². The summed E-state index contributed by atoms with van der Waals surface area (Å²) in [6.07, 6.45) is 0.981. The molecule has 0 atom stereocenters. The second-order valence-electron chi connectivity index (χ2n) is 5.46. The van der Waals surface area contributed by atoms with Crippen LogP contribution in [0.4, 0.5) is 0 Å². The van der Waals surface area contributed by atoms with Gasteiger partial charge in [0, 0.05) is 17.3 Å². The van der Waals surface area contributed by atoms with Gasteiger partial charge in [-0.3, -0.25) is 0 Å². The normalized spacial score (nSPS) is 11.5. The summed E-state index contributed by atoms with van der Waals surface area (Å²) in [5, 5.41) is 13.1. The van der Waals surface area contributed by atoms with Crippen molar-refractivity contribution in [1.82, 2.24) is 20.6 Å². The number of aryl methyl sites for hydroxylation is 1. The van der Waals surface area contributed by atoms with Crippen LogP contribution >= 0.6 is 46.7 Å². The molecular formula is C16H26IN5S2. The number of aromatic nitrogens is 2. The average Bonchev–Trinajstić information content (AvgIpc) is 3.19. The number of halogens is 1. The Morgan fingerprint density at radius 2 is 1.88 bits per heavy atom. The maximum Gasteiger partial charge on any atom is 0.191 e. The molecule has 0 fully saturated rings. The number of thiazole rings is 2. The molecule has 0 radical (unpaired) electrons. The molecule has 0 aliphatic rings. The van der Waals surface area contributed by atoms with Gasteiger partial charge in [-0.2, -0.15) is 0 Å². The van der Waals surface area contributed by atoms with Crippen LogP contribution in [0, 0.1) is 0 Å². The van der Waals surface area contributed by atoms with E-state index in [0.29, 0.717) is 19.0 Å². The first-order chi connectivity index (χ1) is 11.1. The van der Waals surface area contributed by atoms with Crippen molar-refractivity contribution in [1.29, 1.82) is 0 Å². The number of hydrogen-bond acceptors (Lipinski definition) is 5. The molecule has 0 saturated heterocycles. The minimum absolute atomic E-state index is 0. The second-order valence-corrected chi connectivity index (χ2v) is 7.34. The topological polar surface area (TPSA) is 62.2 Å². The van der Waals surface area contributed by atoms with Crippen LogP contribution in [0.3, 0.4) is 0 Å². The van der Waals surface area contributed by atoms with E-state index in [4.69, 9.17) is 0 Å². The van der Waals surface area contributed by atoms with Gasteiger partial charge in [0.05, 0.1) is 29.5 Å². The largest absolute Gasteiger partial charge is 0.357 e. The highest BCUT2D eigenvalue weighted by Gasteiger charge is 2.06. The summed E-state index contributed by atoms with van der Waals surface area (Å²) in [6, 6.07) is 0. The van der Waals surface area contributed by atoms with Crippen LogP contribution in [0.15, 0.2) is 15.8 Å². The molecule has 2 aromatic rings. The average molecular weight is 479 g/mol. The first-order valence-corrected chi connectivity index (χ1v) is 9.78. The zero-order chi connectivity index (χ0) is 16.7. The summed E-state index contributed by atoms with van der Waals surface area (Å²) in [4.78, 5) is 13.8. The molecule has 2 N–H and O–H groups in total. The quantitative estimate of drug-likeness (QED) is 0.356. The third-order valence-corrected chi connectivity index (χ3v) is 5.12. The van der Waals surface area contributed by atoms with Crippen LogP contribution in [0.1, 0.15) is 55.0 Å². The third-order valence-electron chi connectivity index (χ3n) is 3.21. The predicted molar refractivity (Wildman–Crippen MR) is 115 cm³/mol. The molecule has 24 heavy (non-hydrogen) atoms. The number of nitrogens with zero attached hydrogens (tertiary/aromatic N) is 3. The SMILES string of the molecule is CCNC(=NCc1csc(CC)n1)NCc1nc(C(C)C)cs1.I. The summed E-state index contributed by atoms with van der Waals surface area (Å²) in [5.74, 6) is 1.28. The Balaban J connectivity index is 0.00000288. The van der Waals surface area contributed by atoms with Gasteiger partial charge in [0.2, 0.25) is 0 Å². The van der Waals surface area contributed by atoms with Crippen molar-refractivity contribution in [2.45, 2.75) is 53.1 Å². The molecule has 0 unspecified atom stereocenters. The highest BCUT2D eigenvalue weighted by atomic mass is 127. The maximum absolute atomic E-state index is 4.64. The van der Waals surface area contributed by atoms with E-state index in [1.54, 1.807) is 22.7 Å². The third kappa shape index (κ3) is 6.64. The lowest BCUT2D eigenvalue weighted by atomic mass is 10.2. The van der Waals surface area contributed by atoms with Gasteiger partial charge in [-0.1, -0.05) is 20.8 Å². The van der Waals surface area contributed by atoms with Crippen molar-refractivity contribution >= 4 is 52.6 Å². The summed E-state index contributed by atoms with van der Waals surface area (Å²) >= 11 is 3.39. The van der Waals surface area contributed by atoms with Gasteiger partial charge in [-0.25, -0.2) is 15.0 Å². The molecule has 0 aliphatic heterocycles. The molecular weight excluding hydrogens is 453 g/mol. The molecule has 2 heterocycles. The van der Waals surface area contributed by atoms with Gasteiger partial charge < -0.3 is 10.6 Å². The molecule has 0 aliphatic carbocycles. The van der Waals surface area contributed by atoms with Crippen LogP contribution in [0.25, 0.3) is 0 Å². The Morgan fingerprint density at radius 1 is 1.12 bits per heavy atom. The molecule has 0 bridgehead atoms. The molecule has 0 saturated carbocycles. The molecule has 8 heteroatoms. The fourth-order valence-corrected chi connectivity index (χ4v) is 3.55. The van der Waals surface area contributed by atoms with E-state index in [9.17, 15) is 0 Å². The molecule has 0 spiro atoms. The highest BCUT2D eigenvalue weighted by Crippen LogP contribution is 2.17. The Hall–Kier alpha value is -0.740. The van der Waals surface area contributed by atoms with E-state index in [0.717, 1.165) is 40.3 Å². The monoisotopic (exact) mass is 479 g/mol. The van der Waals surface area contributed by atoms with Crippen LogP contribution in [0.5, 0.6) is 0 Å². The van der Waals surface area contributed by atoms with Crippen LogP contribution in [-0.2, 0) is 19.5 Å². The van der Waals surface area contributed by atoms with E-state index in [1.165, 1.54) is 0 Å². The van der Waals surface area contributed by atoms with Crippen LogP contribution in [-0.4, -0.2) is 22.5 Å². The van der Waals surface area contributed by atoms with Crippen molar-refractivity contribution in [2.75, 3.05) is 6.54 Å². The van der Waals surface area contributed by atoms with Crippen LogP contribution < -0.4 is 10.6 Å². The van der Waals surface area contributed by atoms with Crippen molar-refractivity contribution < 1.29 is 0 Å². The summed E-state index contributed by atoms with van der Waals surface area (Å²) < 4.78 is 0. The van der Waals surface area contributed by atoms with Gasteiger partial charge >= 0.3 is 0 Å². The molecule has 5 nitrogen and oxygen atoms in total. The first kappa shape index (κ1) is 21.3. The summed E-state index contributed by atoms with van der Waals surface area (Å²) in [6.45, 7) is 10.6. The van der Waals surface area contributed by atoms with Gasteiger partial charge in [0.15, 0.2) is 5.96 Å². The Morgan fingerprint density at radius 3 is 2.46 bits per heavy atom. The Bertz CT molecular complexity index is 636. The smallest absolute Gasteiger partial charge is 0.191 e. The van der Waals surface area contributed by atoms with E-state index in [1.807, 2.05) is 0 Å². The van der Waals surface area contributed by atoms with Crippen molar-refractivity contribution in [2.24, 2.45) is 4.99 Å². The fraction of sp³-hybridized carbons (Fsp3) is 0.562. The van der Waals surface area contributed by atoms with E-state index in [-0.39, 0.29) is 24.0 Å². The minimum atomic E-state index is 0. The summed E-state index contributed by atoms with van der Waals surface area (Å²) in [5.41, 5.74) is 2.18. The van der Waals surface area contributed by atoms with Crippen molar-refractivity contribution in [3.8, 4) is 0 Å². The van der Waals surface area contributed by atoms with E-state index < -0.39 is 0 Å². The predicted octanol–water partition coefficient (Wildman–Crippen LogP) is 4.16.